The molecule has 0 fully saturated rings. The van der Waals surface area contributed by atoms with E-state index < -0.39 is 35.7 Å². The van der Waals surface area contributed by atoms with Crippen molar-refractivity contribution >= 4 is 35.1 Å². The molecule has 0 bridgehead atoms. The van der Waals surface area contributed by atoms with Crippen LogP contribution in [0.15, 0.2) is 114 Å². The summed E-state index contributed by atoms with van der Waals surface area (Å²) < 4.78 is 5.45. The number of Topliss-reactive ketones (excluding diaryl/α,β-unsaturated/α-hetero) is 1. The van der Waals surface area contributed by atoms with Crippen molar-refractivity contribution in [1.29, 1.82) is 0 Å². The first-order valence-corrected chi connectivity index (χ1v) is 15.5. The van der Waals surface area contributed by atoms with Gasteiger partial charge in [-0.2, -0.15) is 0 Å². The number of benzene rings is 4. The minimum Gasteiger partial charge on any atom is -0.444 e. The van der Waals surface area contributed by atoms with E-state index in [0.717, 1.165) is 16.7 Å². The quantitative estimate of drug-likeness (QED) is 0.232. The molecular formula is C38H38N4O5. The topological polar surface area (TPSA) is 117 Å². The molecule has 9 heteroatoms. The molecule has 0 saturated heterocycles. The number of aliphatic imine (C=N–C) groups is 1. The van der Waals surface area contributed by atoms with Gasteiger partial charge in [-0.05, 0) is 44.9 Å². The Balaban J connectivity index is 1.53. The van der Waals surface area contributed by atoms with Gasteiger partial charge in [0.15, 0.2) is 5.78 Å². The number of benzodiazepines with no additional fused rings is 1. The number of rotatable bonds is 9. The molecule has 1 aliphatic heterocycles. The van der Waals surface area contributed by atoms with Crippen LogP contribution in [0.4, 0.5) is 10.5 Å². The van der Waals surface area contributed by atoms with Crippen molar-refractivity contribution < 1.29 is 23.9 Å². The molecule has 0 saturated carbocycles. The molecule has 5 rings (SSSR count). The number of hydrogen-bond acceptors (Lipinski definition) is 6. The van der Waals surface area contributed by atoms with Crippen molar-refractivity contribution in [2.45, 2.75) is 51.9 Å². The number of para-hydroxylation sites is 1. The number of alkyl carbamates (subject to hydrolysis) is 1. The molecule has 1 aliphatic rings. The van der Waals surface area contributed by atoms with E-state index in [1.807, 2.05) is 91.9 Å². The number of anilines is 1. The highest BCUT2D eigenvalue weighted by Crippen LogP contribution is 2.29. The molecule has 0 aromatic heterocycles. The number of hydrogen-bond donors (Lipinski definition) is 2. The number of nitrogens with zero attached hydrogens (tertiary/aromatic N) is 2. The van der Waals surface area contributed by atoms with Crippen LogP contribution in [-0.2, 0) is 20.7 Å². The first kappa shape index (κ1) is 32.8. The molecule has 4 aromatic carbocycles. The van der Waals surface area contributed by atoms with Gasteiger partial charge in [0.2, 0.25) is 12.1 Å². The van der Waals surface area contributed by atoms with Gasteiger partial charge in [-0.15, -0.1) is 0 Å². The van der Waals surface area contributed by atoms with Crippen molar-refractivity contribution in [2.24, 2.45) is 4.99 Å². The summed E-state index contributed by atoms with van der Waals surface area (Å²) in [5.74, 6) is -1.48. The van der Waals surface area contributed by atoms with E-state index in [1.165, 1.54) is 4.90 Å². The highest BCUT2D eigenvalue weighted by atomic mass is 16.6. The van der Waals surface area contributed by atoms with Gasteiger partial charge in [0.05, 0.1) is 17.9 Å². The second-order valence-electron chi connectivity index (χ2n) is 12.3. The minimum atomic E-state index is -1.41. The molecule has 4 aromatic rings. The molecule has 0 radical (unpaired) electrons. The smallest absolute Gasteiger partial charge is 0.408 e. The number of ketones is 1. The van der Waals surface area contributed by atoms with Gasteiger partial charge in [-0.25, -0.2) is 9.79 Å². The Kier molecular flexibility index (Phi) is 9.94. The number of carbonyl (C=O) groups is 4. The number of aryl methyl sites for hydroxylation is 1. The zero-order valence-corrected chi connectivity index (χ0v) is 26.9. The van der Waals surface area contributed by atoms with Crippen LogP contribution in [0.3, 0.4) is 0 Å². The van der Waals surface area contributed by atoms with E-state index in [2.05, 4.69) is 10.6 Å². The predicted molar refractivity (Wildman–Crippen MR) is 182 cm³/mol. The first-order chi connectivity index (χ1) is 22.5. The molecule has 2 N–H and O–H groups in total. The summed E-state index contributed by atoms with van der Waals surface area (Å²) >= 11 is 0. The maximum absolute atomic E-state index is 14.4. The summed E-state index contributed by atoms with van der Waals surface area (Å²) in [5.41, 5.74) is 3.62. The van der Waals surface area contributed by atoms with Gasteiger partial charge in [-0.3, -0.25) is 14.4 Å². The van der Waals surface area contributed by atoms with Gasteiger partial charge in [0, 0.05) is 23.1 Å². The highest BCUT2D eigenvalue weighted by molar-refractivity contribution is 6.21. The number of carbonyl (C=O) groups excluding carboxylic acids is 4. The van der Waals surface area contributed by atoms with Gasteiger partial charge in [-0.1, -0.05) is 103 Å². The Bertz CT molecular complexity index is 1800. The van der Waals surface area contributed by atoms with Crippen molar-refractivity contribution in [2.75, 3.05) is 11.4 Å². The second-order valence-corrected chi connectivity index (χ2v) is 12.3. The van der Waals surface area contributed by atoms with Crippen LogP contribution in [0, 0.1) is 6.92 Å². The van der Waals surface area contributed by atoms with Gasteiger partial charge in [0.25, 0.3) is 5.91 Å². The Hall–Kier alpha value is -5.57. The largest absolute Gasteiger partial charge is 0.444 e. The summed E-state index contributed by atoms with van der Waals surface area (Å²) in [6.07, 6.45) is -2.04. The average Bonchev–Trinajstić information content (AvgIpc) is 3.15. The van der Waals surface area contributed by atoms with E-state index >= 15 is 0 Å². The van der Waals surface area contributed by atoms with E-state index in [4.69, 9.17) is 9.73 Å². The standard InChI is InChI=1S/C38H38N4O5/c1-25-15-11-12-20-28(25)32(43)24-42-31-22-14-13-21-29(31)33(27-18-9-6-10-19-27)40-34(36(42)45)41-35(44)30(23-26-16-7-5-8-17-26)39-37(46)47-38(2,3)4/h5-22,30,34H,23-24H2,1-4H3,(H,39,46)(H,41,44)/t30-,34?/m0/s1. The molecular weight excluding hydrogens is 592 g/mol. The van der Waals surface area contributed by atoms with Crippen LogP contribution in [0.1, 0.15) is 53.4 Å². The molecule has 9 nitrogen and oxygen atoms in total. The Morgan fingerprint density at radius 1 is 0.851 bits per heavy atom. The summed E-state index contributed by atoms with van der Waals surface area (Å²) in [7, 11) is 0. The van der Waals surface area contributed by atoms with Crippen molar-refractivity contribution in [3.8, 4) is 0 Å². The molecule has 240 valence electrons. The maximum Gasteiger partial charge on any atom is 0.408 e. The van der Waals surface area contributed by atoms with Crippen molar-refractivity contribution in [3.05, 3.63) is 137 Å². The third kappa shape index (κ3) is 8.18. The summed E-state index contributed by atoms with van der Waals surface area (Å²) in [6.45, 7) is 6.76. The zero-order chi connectivity index (χ0) is 33.6. The summed E-state index contributed by atoms with van der Waals surface area (Å²) in [5, 5.41) is 5.46. The Labute approximate surface area is 274 Å². The molecule has 0 aliphatic carbocycles. The van der Waals surface area contributed by atoms with Gasteiger partial charge in [0.1, 0.15) is 11.6 Å². The molecule has 1 unspecified atom stereocenters. The lowest BCUT2D eigenvalue weighted by Crippen LogP contribution is -2.55. The lowest BCUT2D eigenvalue weighted by atomic mass is 9.99. The fraction of sp³-hybridized carbons (Fsp3) is 0.237. The number of amides is 3. The van der Waals surface area contributed by atoms with Crippen LogP contribution < -0.4 is 15.5 Å². The van der Waals surface area contributed by atoms with Gasteiger partial charge >= 0.3 is 6.09 Å². The summed E-state index contributed by atoms with van der Waals surface area (Å²) in [6, 6.07) is 31.9. The third-order valence-electron chi connectivity index (χ3n) is 7.57. The third-order valence-corrected chi connectivity index (χ3v) is 7.57. The van der Waals surface area contributed by atoms with Crippen molar-refractivity contribution in [3.63, 3.8) is 0 Å². The number of fused-ring (bicyclic) bond motifs is 1. The molecule has 1 heterocycles. The SMILES string of the molecule is Cc1ccccc1C(=O)CN1C(=O)C(NC(=O)[C@H](Cc2ccccc2)NC(=O)OC(C)(C)C)N=C(c2ccccc2)c2ccccc21. The number of ether oxygens (including phenoxy) is 1. The fourth-order valence-electron chi connectivity index (χ4n) is 5.37. The monoisotopic (exact) mass is 630 g/mol. The van der Waals surface area contributed by atoms with Crippen LogP contribution in [0.2, 0.25) is 0 Å². The van der Waals surface area contributed by atoms with E-state index in [0.29, 0.717) is 22.5 Å². The maximum atomic E-state index is 14.4. The number of nitrogens with one attached hydrogen (secondary N) is 2. The molecule has 0 spiro atoms. The van der Waals surface area contributed by atoms with Gasteiger partial charge < -0.3 is 20.3 Å². The first-order valence-electron chi connectivity index (χ1n) is 15.5. The zero-order valence-electron chi connectivity index (χ0n) is 26.9. The van der Waals surface area contributed by atoms with Crippen molar-refractivity contribution in [1.82, 2.24) is 10.6 Å². The normalized spacial score (nSPS) is 15.1. The molecule has 2 atom stereocenters. The lowest BCUT2D eigenvalue weighted by Gasteiger charge is -2.27. The second kappa shape index (κ2) is 14.2. The molecule has 3 amide bonds. The van der Waals surface area contributed by atoms with E-state index in [1.54, 1.807) is 45.0 Å². The Morgan fingerprint density at radius 2 is 1.47 bits per heavy atom. The Morgan fingerprint density at radius 3 is 2.15 bits per heavy atom. The highest BCUT2D eigenvalue weighted by Gasteiger charge is 2.36. The van der Waals surface area contributed by atoms with Crippen LogP contribution in [-0.4, -0.2) is 53.8 Å². The predicted octanol–water partition coefficient (Wildman–Crippen LogP) is 5.64. The average molecular weight is 631 g/mol. The van der Waals surface area contributed by atoms with Crippen LogP contribution in [0.25, 0.3) is 0 Å². The van der Waals surface area contributed by atoms with Crippen LogP contribution >= 0.6 is 0 Å². The fourth-order valence-corrected chi connectivity index (χ4v) is 5.37. The molecule has 47 heavy (non-hydrogen) atoms. The lowest BCUT2D eigenvalue weighted by molar-refractivity contribution is -0.128. The van der Waals surface area contributed by atoms with E-state index in [-0.39, 0.29) is 18.7 Å². The summed E-state index contributed by atoms with van der Waals surface area (Å²) in [4.78, 5) is 61.1. The van der Waals surface area contributed by atoms with Crippen LogP contribution in [0.5, 0.6) is 0 Å². The van der Waals surface area contributed by atoms with E-state index in [9.17, 15) is 19.2 Å². The minimum absolute atomic E-state index is 0.137.